The Morgan fingerprint density at radius 1 is 1.19 bits per heavy atom. The Morgan fingerprint density at radius 3 is 2.86 bits per heavy atom. The van der Waals surface area contributed by atoms with E-state index in [0.717, 1.165) is 41.8 Å². The molecule has 0 aliphatic rings. The summed E-state index contributed by atoms with van der Waals surface area (Å²) in [5.41, 5.74) is 3.44. The number of hydrogen-bond donors (Lipinski definition) is 1. The maximum atomic E-state index is 4.61. The zero-order chi connectivity index (χ0) is 14.7. The second-order valence-corrected chi connectivity index (χ2v) is 5.28. The second kappa shape index (κ2) is 6.06. The molecule has 0 aliphatic heterocycles. The molecule has 0 amide bonds. The monoisotopic (exact) mass is 280 g/mol. The number of nitrogens with one attached hydrogen (secondary N) is 1. The summed E-state index contributed by atoms with van der Waals surface area (Å²) in [7, 11) is 0. The number of nitrogens with zero attached hydrogens (tertiary/aromatic N) is 3. The van der Waals surface area contributed by atoms with Crippen LogP contribution in [0, 0.1) is 6.92 Å². The maximum Gasteiger partial charge on any atom is 0.156 e. The smallest absolute Gasteiger partial charge is 0.156 e. The van der Waals surface area contributed by atoms with Crippen molar-refractivity contribution in [2.24, 2.45) is 0 Å². The first-order valence-electron chi connectivity index (χ1n) is 7.39. The van der Waals surface area contributed by atoms with E-state index < -0.39 is 0 Å². The molecule has 2 aromatic heterocycles. The molecule has 0 fully saturated rings. The minimum Gasteiger partial charge on any atom is -0.313 e. The van der Waals surface area contributed by atoms with Crippen LogP contribution in [0.2, 0.25) is 0 Å². The Bertz CT molecular complexity index is 745. The van der Waals surface area contributed by atoms with E-state index in [1.165, 1.54) is 5.56 Å². The minimum atomic E-state index is 0.863. The Kier molecular flexibility index (Phi) is 3.97. The number of benzene rings is 1. The molecule has 3 aromatic rings. The standard InChI is InChI=1S/C17H20N4/c1-3-8-18-10-14-9-13(2)17(19-11-14)21-16-7-5-4-6-15(16)12-20-21/h4-7,9,11-12,18H,3,8,10H2,1-2H3. The zero-order valence-electron chi connectivity index (χ0n) is 12.5. The van der Waals surface area contributed by atoms with Crippen molar-refractivity contribution >= 4 is 10.9 Å². The summed E-state index contributed by atoms with van der Waals surface area (Å²) < 4.78 is 1.91. The molecule has 0 spiro atoms. The molecule has 4 nitrogen and oxygen atoms in total. The number of pyridine rings is 1. The summed E-state index contributed by atoms with van der Waals surface area (Å²) in [5.74, 6) is 0.899. The summed E-state index contributed by atoms with van der Waals surface area (Å²) in [5, 5.41) is 9.00. The molecule has 4 heteroatoms. The average molecular weight is 280 g/mol. The van der Waals surface area contributed by atoms with Gasteiger partial charge in [-0.05, 0) is 43.1 Å². The molecule has 0 unspecified atom stereocenters. The molecule has 0 bridgehead atoms. The minimum absolute atomic E-state index is 0.863. The topological polar surface area (TPSA) is 42.7 Å². The van der Waals surface area contributed by atoms with Gasteiger partial charge in [-0.2, -0.15) is 5.10 Å². The van der Waals surface area contributed by atoms with Crippen LogP contribution in [0.25, 0.3) is 16.7 Å². The number of fused-ring (bicyclic) bond motifs is 1. The van der Waals surface area contributed by atoms with Gasteiger partial charge in [0.1, 0.15) is 0 Å². The third-order valence-corrected chi connectivity index (χ3v) is 3.54. The first kappa shape index (κ1) is 13.8. The molecular weight excluding hydrogens is 260 g/mol. The van der Waals surface area contributed by atoms with E-state index in [9.17, 15) is 0 Å². The zero-order valence-corrected chi connectivity index (χ0v) is 12.5. The Labute approximate surface area is 124 Å². The highest BCUT2D eigenvalue weighted by molar-refractivity contribution is 5.79. The van der Waals surface area contributed by atoms with E-state index in [1.54, 1.807) is 0 Å². The molecule has 3 rings (SSSR count). The Balaban J connectivity index is 1.92. The molecule has 0 radical (unpaired) electrons. The molecule has 21 heavy (non-hydrogen) atoms. The van der Waals surface area contributed by atoms with Crippen molar-refractivity contribution in [3.63, 3.8) is 0 Å². The van der Waals surface area contributed by atoms with E-state index in [-0.39, 0.29) is 0 Å². The Hall–Kier alpha value is -2.20. The Morgan fingerprint density at radius 2 is 2.05 bits per heavy atom. The van der Waals surface area contributed by atoms with Crippen LogP contribution in [0.15, 0.2) is 42.7 Å². The fraction of sp³-hybridized carbons (Fsp3) is 0.294. The molecule has 1 aromatic carbocycles. The van der Waals surface area contributed by atoms with Crippen LogP contribution in [0.5, 0.6) is 0 Å². The summed E-state index contributed by atoms with van der Waals surface area (Å²) >= 11 is 0. The molecule has 0 saturated heterocycles. The van der Waals surface area contributed by atoms with E-state index >= 15 is 0 Å². The van der Waals surface area contributed by atoms with Crippen molar-refractivity contribution in [1.29, 1.82) is 0 Å². The van der Waals surface area contributed by atoms with Crippen LogP contribution in [0.4, 0.5) is 0 Å². The normalized spacial score (nSPS) is 11.1. The van der Waals surface area contributed by atoms with Gasteiger partial charge in [0.2, 0.25) is 0 Å². The van der Waals surface area contributed by atoms with Crippen LogP contribution in [0.1, 0.15) is 24.5 Å². The van der Waals surface area contributed by atoms with Crippen molar-refractivity contribution in [2.75, 3.05) is 6.54 Å². The van der Waals surface area contributed by atoms with Gasteiger partial charge in [-0.25, -0.2) is 9.67 Å². The number of hydrogen-bond acceptors (Lipinski definition) is 3. The van der Waals surface area contributed by atoms with Crippen LogP contribution in [-0.4, -0.2) is 21.3 Å². The predicted octanol–water partition coefficient (Wildman–Crippen LogP) is 3.23. The van der Waals surface area contributed by atoms with E-state index in [4.69, 9.17) is 0 Å². The van der Waals surface area contributed by atoms with Crippen LogP contribution in [-0.2, 0) is 6.54 Å². The van der Waals surface area contributed by atoms with Crippen LogP contribution in [0.3, 0.4) is 0 Å². The quantitative estimate of drug-likeness (QED) is 0.730. The maximum absolute atomic E-state index is 4.61. The molecule has 108 valence electrons. The van der Waals surface area contributed by atoms with E-state index in [0.29, 0.717) is 0 Å². The SMILES string of the molecule is CCCNCc1cnc(-n2ncc3ccccc32)c(C)c1. The number of rotatable bonds is 5. The lowest BCUT2D eigenvalue weighted by molar-refractivity contribution is 0.673. The van der Waals surface area contributed by atoms with E-state index in [2.05, 4.69) is 47.4 Å². The van der Waals surface area contributed by atoms with Gasteiger partial charge in [-0.1, -0.05) is 25.1 Å². The number of aryl methyl sites for hydroxylation is 1. The summed E-state index contributed by atoms with van der Waals surface area (Å²) in [6.07, 6.45) is 4.96. The fourth-order valence-electron chi connectivity index (χ4n) is 2.49. The number of para-hydroxylation sites is 1. The largest absolute Gasteiger partial charge is 0.313 e. The second-order valence-electron chi connectivity index (χ2n) is 5.28. The average Bonchev–Trinajstić information content (AvgIpc) is 2.92. The lowest BCUT2D eigenvalue weighted by atomic mass is 10.2. The first-order valence-corrected chi connectivity index (χ1v) is 7.39. The first-order chi connectivity index (χ1) is 10.3. The van der Waals surface area contributed by atoms with Gasteiger partial charge in [0.05, 0.1) is 11.7 Å². The molecule has 2 heterocycles. The molecule has 0 atom stereocenters. The summed E-state index contributed by atoms with van der Waals surface area (Å²) in [6, 6.07) is 10.4. The summed E-state index contributed by atoms with van der Waals surface area (Å²) in [4.78, 5) is 4.61. The predicted molar refractivity (Wildman–Crippen MR) is 85.6 cm³/mol. The molecule has 1 N–H and O–H groups in total. The highest BCUT2D eigenvalue weighted by atomic mass is 15.3. The van der Waals surface area contributed by atoms with Gasteiger partial charge in [0, 0.05) is 18.1 Å². The van der Waals surface area contributed by atoms with Crippen LogP contribution < -0.4 is 5.32 Å². The van der Waals surface area contributed by atoms with Crippen molar-refractivity contribution in [3.8, 4) is 5.82 Å². The van der Waals surface area contributed by atoms with Crippen molar-refractivity contribution < 1.29 is 0 Å². The lowest BCUT2D eigenvalue weighted by Gasteiger charge is -2.09. The van der Waals surface area contributed by atoms with Crippen LogP contribution >= 0.6 is 0 Å². The highest BCUT2D eigenvalue weighted by Crippen LogP contribution is 2.19. The van der Waals surface area contributed by atoms with Gasteiger partial charge in [-0.3, -0.25) is 0 Å². The highest BCUT2D eigenvalue weighted by Gasteiger charge is 2.08. The fourth-order valence-corrected chi connectivity index (χ4v) is 2.49. The van der Waals surface area contributed by atoms with Gasteiger partial charge in [0.15, 0.2) is 5.82 Å². The third kappa shape index (κ3) is 2.81. The van der Waals surface area contributed by atoms with Gasteiger partial charge < -0.3 is 5.32 Å². The summed E-state index contributed by atoms with van der Waals surface area (Å²) in [6.45, 7) is 6.15. The van der Waals surface area contributed by atoms with Crippen molar-refractivity contribution in [3.05, 3.63) is 53.9 Å². The third-order valence-electron chi connectivity index (χ3n) is 3.54. The molecular formula is C17H20N4. The van der Waals surface area contributed by atoms with Gasteiger partial charge in [-0.15, -0.1) is 0 Å². The molecule has 0 saturated carbocycles. The van der Waals surface area contributed by atoms with Gasteiger partial charge >= 0.3 is 0 Å². The van der Waals surface area contributed by atoms with Crippen molar-refractivity contribution in [2.45, 2.75) is 26.8 Å². The lowest BCUT2D eigenvalue weighted by Crippen LogP contribution is -2.14. The van der Waals surface area contributed by atoms with E-state index in [1.807, 2.05) is 29.2 Å². The molecule has 0 aliphatic carbocycles. The van der Waals surface area contributed by atoms with Gasteiger partial charge in [0.25, 0.3) is 0 Å². The van der Waals surface area contributed by atoms with Crippen molar-refractivity contribution in [1.82, 2.24) is 20.1 Å². The number of aromatic nitrogens is 3.